The van der Waals surface area contributed by atoms with Gasteiger partial charge < -0.3 is 0 Å². The minimum absolute atomic E-state index is 0.552. The summed E-state index contributed by atoms with van der Waals surface area (Å²) in [7, 11) is 9.16. The van der Waals surface area contributed by atoms with Gasteiger partial charge in [0.15, 0.2) is 0 Å². The molecule has 128 valence electrons. The average Bonchev–Trinajstić information content (AvgIpc) is 2.24. The Morgan fingerprint density at radius 3 is 0.762 bits per heavy atom. The molecule has 0 N–H and O–H groups in total. The van der Waals surface area contributed by atoms with Crippen molar-refractivity contribution in [3.8, 4) is 0 Å². The van der Waals surface area contributed by atoms with Crippen LogP contribution in [-0.4, -0.2) is 63.9 Å². The number of hydrogen-bond donors (Lipinski definition) is 0. The number of hydrogen-bond acceptors (Lipinski definition) is 4. The zero-order valence-corrected chi connectivity index (χ0v) is 20.2. The molecule has 0 aliphatic heterocycles. The summed E-state index contributed by atoms with van der Waals surface area (Å²) < 4.78 is 10.8. The first-order valence-electron chi connectivity index (χ1n) is 8.33. The van der Waals surface area contributed by atoms with Crippen molar-refractivity contribution in [2.75, 3.05) is 28.2 Å². The Kier molecular flexibility index (Phi) is 8.82. The van der Waals surface area contributed by atoms with Gasteiger partial charge in [0.1, 0.15) is 0 Å². The fraction of sp³-hybridized carbons (Fsp3) is 1.00. The summed E-state index contributed by atoms with van der Waals surface area (Å²) in [5, 5.41) is 0. The first kappa shape index (κ1) is 21.7. The van der Waals surface area contributed by atoms with Gasteiger partial charge in [-0.25, -0.2) is 0 Å². The summed E-state index contributed by atoms with van der Waals surface area (Å²) in [4.78, 5) is 0. The molecule has 0 heterocycles. The molecule has 0 saturated carbocycles. The van der Waals surface area contributed by atoms with E-state index in [1.807, 2.05) is 0 Å². The number of nitrogens with zero attached hydrogens (tertiary/aromatic N) is 4. The predicted octanol–water partition coefficient (Wildman–Crippen LogP) is 3.16. The van der Waals surface area contributed by atoms with Crippen molar-refractivity contribution in [1.29, 1.82) is 0 Å². The third kappa shape index (κ3) is 4.37. The standard InChI is InChI=1S/2C6H14N.2C2H6N.Hf/c2*1-5(2)7-6(3)4;2*1-3-2;/h2*5-6H,1-4H3;2*1-2H3;/q4*-1;+4. The first-order chi connectivity index (χ1) is 9.42. The Labute approximate surface area is 140 Å². The van der Waals surface area contributed by atoms with Gasteiger partial charge >= 0.3 is 140 Å². The molecule has 0 amide bonds. The molecule has 0 spiro atoms. The van der Waals surface area contributed by atoms with Crippen molar-refractivity contribution in [1.82, 2.24) is 11.6 Å². The maximum atomic E-state index is 2.83. The zero-order valence-electron chi connectivity index (χ0n) is 16.6. The molecule has 4 nitrogen and oxygen atoms in total. The van der Waals surface area contributed by atoms with E-state index in [4.69, 9.17) is 0 Å². The predicted molar refractivity (Wildman–Crippen MR) is 91.6 cm³/mol. The molecule has 0 aliphatic carbocycles. The summed E-state index contributed by atoms with van der Waals surface area (Å²) in [6, 6.07) is 2.21. The van der Waals surface area contributed by atoms with Gasteiger partial charge in [0, 0.05) is 0 Å². The van der Waals surface area contributed by atoms with Crippen LogP contribution in [0.4, 0.5) is 0 Å². The molecule has 21 heavy (non-hydrogen) atoms. The van der Waals surface area contributed by atoms with Gasteiger partial charge in [-0.2, -0.15) is 0 Å². The molecule has 0 rings (SSSR count). The van der Waals surface area contributed by atoms with Gasteiger partial charge in [-0.1, -0.05) is 0 Å². The van der Waals surface area contributed by atoms with Gasteiger partial charge in [0.25, 0.3) is 0 Å². The molecule has 0 aromatic heterocycles. The maximum absolute atomic E-state index is 3.26. The van der Waals surface area contributed by atoms with E-state index in [0.717, 1.165) is 0 Å². The second kappa shape index (κ2) is 8.53. The van der Waals surface area contributed by atoms with Crippen LogP contribution in [0.1, 0.15) is 55.4 Å². The Bertz CT molecular complexity index is 255. The molecule has 0 fully saturated rings. The van der Waals surface area contributed by atoms with Crippen LogP contribution in [0.2, 0.25) is 0 Å². The van der Waals surface area contributed by atoms with Gasteiger partial charge in [0.2, 0.25) is 0 Å². The fourth-order valence-electron chi connectivity index (χ4n) is 4.04. The quantitative estimate of drug-likeness (QED) is 0.509. The van der Waals surface area contributed by atoms with Crippen molar-refractivity contribution >= 4 is 0 Å². The van der Waals surface area contributed by atoms with Crippen LogP contribution in [0.5, 0.6) is 0 Å². The van der Waals surface area contributed by atoms with Gasteiger partial charge in [-0.05, 0) is 0 Å². The SMILES string of the molecule is CC(C)[N](C(C)C)[Hf]([N](C)C)([N](C)C)[N](C(C)C)C(C)C. The van der Waals surface area contributed by atoms with E-state index < -0.39 is 21.1 Å². The Morgan fingerprint density at radius 2 is 0.667 bits per heavy atom. The monoisotopic (exact) mass is 468 g/mol. The molecule has 0 unspecified atom stereocenters. The van der Waals surface area contributed by atoms with Gasteiger partial charge in [-0.3, -0.25) is 0 Å². The first-order valence-corrected chi connectivity index (χ1v) is 14.8. The molecule has 5 heteroatoms. The van der Waals surface area contributed by atoms with Crippen molar-refractivity contribution in [3.63, 3.8) is 0 Å². The van der Waals surface area contributed by atoms with Crippen LogP contribution in [0, 0.1) is 0 Å². The van der Waals surface area contributed by atoms with E-state index in [1.54, 1.807) is 0 Å². The van der Waals surface area contributed by atoms with Crippen LogP contribution in [-0.2, 0) is 21.1 Å². The molecule has 0 saturated heterocycles. The van der Waals surface area contributed by atoms with E-state index in [0.29, 0.717) is 24.2 Å². The summed E-state index contributed by atoms with van der Waals surface area (Å²) >= 11 is -3.26. The zero-order chi connectivity index (χ0) is 17.1. The second-order valence-corrected chi connectivity index (χ2v) is 22.0. The molecule has 0 radical (unpaired) electrons. The van der Waals surface area contributed by atoms with Crippen molar-refractivity contribution < 1.29 is 21.1 Å². The van der Waals surface area contributed by atoms with Crippen LogP contribution in [0.25, 0.3) is 0 Å². The molecule has 0 aromatic carbocycles. The van der Waals surface area contributed by atoms with E-state index in [1.165, 1.54) is 0 Å². The molecule has 0 bridgehead atoms. The Hall–Kier alpha value is 0.710. The molecule has 0 aliphatic rings. The van der Waals surface area contributed by atoms with Crippen molar-refractivity contribution in [2.24, 2.45) is 0 Å². The van der Waals surface area contributed by atoms with Crippen LogP contribution in [0.15, 0.2) is 0 Å². The van der Waals surface area contributed by atoms with E-state index in [-0.39, 0.29) is 0 Å². The number of rotatable bonds is 8. The van der Waals surface area contributed by atoms with Gasteiger partial charge in [0.05, 0.1) is 0 Å². The van der Waals surface area contributed by atoms with Crippen LogP contribution < -0.4 is 0 Å². The Morgan fingerprint density at radius 1 is 0.476 bits per heavy atom. The van der Waals surface area contributed by atoms with E-state index >= 15 is 0 Å². The fourth-order valence-corrected chi connectivity index (χ4v) is 24.5. The normalized spacial score (nSPS) is 14.3. The summed E-state index contributed by atoms with van der Waals surface area (Å²) in [6.45, 7) is 18.8. The molecule has 0 atom stereocenters. The summed E-state index contributed by atoms with van der Waals surface area (Å²) in [5.74, 6) is 0. The second-order valence-electron chi connectivity index (χ2n) is 7.58. The Balaban J connectivity index is 6.32. The van der Waals surface area contributed by atoms with E-state index in [2.05, 4.69) is 95.1 Å². The molecule has 0 aromatic rings. The minimum atomic E-state index is -3.26. The summed E-state index contributed by atoms with van der Waals surface area (Å²) in [6.07, 6.45) is 0. The molecular formula is C16H40HfN4. The third-order valence-electron chi connectivity index (χ3n) is 4.12. The van der Waals surface area contributed by atoms with Crippen molar-refractivity contribution in [3.05, 3.63) is 0 Å². The van der Waals surface area contributed by atoms with Crippen molar-refractivity contribution in [2.45, 2.75) is 79.6 Å². The average molecular weight is 467 g/mol. The molecular weight excluding hydrogens is 427 g/mol. The summed E-state index contributed by atoms with van der Waals surface area (Å²) in [5.41, 5.74) is 0. The topological polar surface area (TPSA) is 13.0 Å². The van der Waals surface area contributed by atoms with E-state index in [9.17, 15) is 0 Å². The van der Waals surface area contributed by atoms with Gasteiger partial charge in [-0.15, -0.1) is 0 Å². The van der Waals surface area contributed by atoms with Crippen LogP contribution >= 0.6 is 0 Å². The van der Waals surface area contributed by atoms with Crippen LogP contribution in [0.3, 0.4) is 0 Å². The third-order valence-corrected chi connectivity index (χ3v) is 25.1.